The van der Waals surface area contributed by atoms with Crippen molar-refractivity contribution in [2.45, 2.75) is 33.7 Å². The van der Waals surface area contributed by atoms with Gasteiger partial charge in [-0.2, -0.15) is 0 Å². The lowest BCUT2D eigenvalue weighted by atomic mass is 10.1. The molecule has 1 aromatic rings. The summed E-state index contributed by atoms with van der Waals surface area (Å²) in [6.07, 6.45) is 0. The van der Waals surface area contributed by atoms with Gasteiger partial charge in [-0.15, -0.1) is 0 Å². The third-order valence-corrected chi connectivity index (χ3v) is 5.42. The van der Waals surface area contributed by atoms with Crippen LogP contribution in [-0.2, 0) is 9.59 Å². The monoisotopic (exact) mass is 360 g/mol. The van der Waals surface area contributed by atoms with E-state index < -0.39 is 0 Å². The molecule has 1 heterocycles. The molecule has 6 nitrogen and oxygen atoms in total. The van der Waals surface area contributed by atoms with Crippen molar-refractivity contribution in [1.82, 2.24) is 14.7 Å². The van der Waals surface area contributed by atoms with Gasteiger partial charge in [-0.3, -0.25) is 14.5 Å². The fraction of sp³-hybridized carbons (Fsp3) is 0.600. The van der Waals surface area contributed by atoms with Crippen LogP contribution in [-0.4, -0.2) is 78.9 Å². The molecule has 2 amide bonds. The maximum absolute atomic E-state index is 12.7. The Morgan fingerprint density at radius 2 is 1.85 bits per heavy atom. The van der Waals surface area contributed by atoms with Gasteiger partial charge in [-0.05, 0) is 51.6 Å². The lowest BCUT2D eigenvalue weighted by Gasteiger charge is -2.36. The van der Waals surface area contributed by atoms with Crippen LogP contribution in [0.1, 0.15) is 25.0 Å². The zero-order valence-electron chi connectivity index (χ0n) is 16.7. The van der Waals surface area contributed by atoms with Gasteiger partial charge in [0.05, 0.1) is 12.6 Å². The smallest absolute Gasteiger partial charge is 0.239 e. The minimum Gasteiger partial charge on any atom is -0.339 e. The summed E-state index contributed by atoms with van der Waals surface area (Å²) in [6, 6.07) is 5.55. The zero-order valence-corrected chi connectivity index (χ0v) is 16.7. The molecule has 6 heteroatoms. The van der Waals surface area contributed by atoms with Crippen LogP contribution in [0.4, 0.5) is 5.69 Å². The number of anilines is 1. The Morgan fingerprint density at radius 1 is 1.19 bits per heavy atom. The van der Waals surface area contributed by atoms with E-state index in [2.05, 4.69) is 17.1 Å². The number of nitrogens with zero attached hydrogens (tertiary/aromatic N) is 3. The van der Waals surface area contributed by atoms with Crippen LogP contribution in [0.3, 0.4) is 0 Å². The van der Waals surface area contributed by atoms with E-state index in [0.717, 1.165) is 49.5 Å². The van der Waals surface area contributed by atoms with Crippen LogP contribution in [0.25, 0.3) is 0 Å². The van der Waals surface area contributed by atoms with Crippen LogP contribution < -0.4 is 5.32 Å². The summed E-state index contributed by atoms with van der Waals surface area (Å²) in [5.74, 6) is -0.000517. The Bertz CT molecular complexity index is 639. The van der Waals surface area contributed by atoms with E-state index in [9.17, 15) is 9.59 Å². The van der Waals surface area contributed by atoms with Crippen LogP contribution >= 0.6 is 0 Å². The highest BCUT2D eigenvalue weighted by atomic mass is 16.2. The number of aryl methyl sites for hydroxylation is 1. The van der Waals surface area contributed by atoms with E-state index in [4.69, 9.17) is 0 Å². The van der Waals surface area contributed by atoms with Gasteiger partial charge in [0.1, 0.15) is 0 Å². The number of amides is 2. The van der Waals surface area contributed by atoms with Gasteiger partial charge in [0.25, 0.3) is 0 Å². The number of rotatable bonds is 6. The van der Waals surface area contributed by atoms with Crippen molar-refractivity contribution >= 4 is 17.5 Å². The van der Waals surface area contributed by atoms with E-state index in [1.54, 1.807) is 0 Å². The number of hydrogen-bond donors (Lipinski definition) is 1. The van der Waals surface area contributed by atoms with Crippen molar-refractivity contribution in [3.8, 4) is 0 Å². The molecule has 0 aromatic heterocycles. The average Bonchev–Trinajstić information content (AvgIpc) is 2.64. The Morgan fingerprint density at radius 3 is 2.46 bits per heavy atom. The molecule has 1 aliphatic rings. The minimum atomic E-state index is -0.312. The fourth-order valence-electron chi connectivity index (χ4n) is 3.18. The number of carbonyl (C=O) groups is 2. The average molecular weight is 361 g/mol. The molecule has 26 heavy (non-hydrogen) atoms. The van der Waals surface area contributed by atoms with Gasteiger partial charge >= 0.3 is 0 Å². The Hall–Kier alpha value is -1.92. The maximum atomic E-state index is 12.7. The fourth-order valence-corrected chi connectivity index (χ4v) is 3.18. The topological polar surface area (TPSA) is 55.9 Å². The number of benzene rings is 1. The number of carbonyl (C=O) groups excluding carboxylic acids is 2. The molecular weight excluding hydrogens is 328 g/mol. The molecule has 2 rings (SSSR count). The van der Waals surface area contributed by atoms with Crippen LogP contribution in [0.2, 0.25) is 0 Å². The first-order valence-electron chi connectivity index (χ1n) is 9.41. The molecule has 1 atom stereocenters. The predicted octanol–water partition coefficient (Wildman–Crippen LogP) is 1.73. The molecule has 144 valence electrons. The number of piperazine rings is 1. The summed E-state index contributed by atoms with van der Waals surface area (Å²) < 4.78 is 0. The largest absolute Gasteiger partial charge is 0.339 e. The highest BCUT2D eigenvalue weighted by molar-refractivity contribution is 5.93. The van der Waals surface area contributed by atoms with Crippen molar-refractivity contribution in [1.29, 1.82) is 0 Å². The highest BCUT2D eigenvalue weighted by Crippen LogP contribution is 2.18. The quantitative estimate of drug-likeness (QED) is 0.839. The second kappa shape index (κ2) is 9.14. The summed E-state index contributed by atoms with van der Waals surface area (Å²) in [7, 11) is 1.83. The lowest BCUT2D eigenvalue weighted by molar-refractivity contribution is -0.138. The third-order valence-electron chi connectivity index (χ3n) is 5.42. The first-order valence-corrected chi connectivity index (χ1v) is 9.41. The number of nitrogens with one attached hydrogen (secondary N) is 1. The van der Waals surface area contributed by atoms with Gasteiger partial charge in [-0.25, -0.2) is 0 Å². The van der Waals surface area contributed by atoms with Crippen LogP contribution in [0.5, 0.6) is 0 Å². The summed E-state index contributed by atoms with van der Waals surface area (Å²) in [4.78, 5) is 31.2. The van der Waals surface area contributed by atoms with E-state index >= 15 is 0 Å². The molecule has 0 saturated carbocycles. The molecule has 0 unspecified atom stereocenters. The SMILES string of the molecule is CCN1CCN(C(=O)[C@H](C)N(C)CC(=O)Nc2cccc(C)c2C)CC1. The van der Waals surface area contributed by atoms with Gasteiger partial charge in [0, 0.05) is 31.9 Å². The first kappa shape index (κ1) is 20.4. The molecule has 1 aromatic carbocycles. The lowest BCUT2D eigenvalue weighted by Crippen LogP contribution is -2.54. The van der Waals surface area contributed by atoms with Crippen molar-refractivity contribution in [2.75, 3.05) is 51.6 Å². The Balaban J connectivity index is 1.87. The van der Waals surface area contributed by atoms with E-state index in [0.29, 0.717) is 0 Å². The summed E-state index contributed by atoms with van der Waals surface area (Å²) in [5, 5.41) is 2.96. The normalized spacial score (nSPS) is 16.6. The molecule has 1 saturated heterocycles. The molecule has 0 radical (unpaired) electrons. The van der Waals surface area contributed by atoms with Gasteiger partial charge < -0.3 is 15.1 Å². The van der Waals surface area contributed by atoms with Gasteiger partial charge in [0.2, 0.25) is 11.8 Å². The molecule has 1 aliphatic heterocycles. The summed E-state index contributed by atoms with van der Waals surface area (Å²) >= 11 is 0. The van der Waals surface area contributed by atoms with Gasteiger partial charge in [-0.1, -0.05) is 19.1 Å². The van der Waals surface area contributed by atoms with Crippen molar-refractivity contribution < 1.29 is 9.59 Å². The third kappa shape index (κ3) is 5.05. The Labute approximate surface area is 157 Å². The number of hydrogen-bond acceptors (Lipinski definition) is 4. The van der Waals surface area contributed by atoms with Crippen molar-refractivity contribution in [3.05, 3.63) is 29.3 Å². The molecule has 0 bridgehead atoms. The van der Waals surface area contributed by atoms with Crippen molar-refractivity contribution in [2.24, 2.45) is 0 Å². The summed E-state index contributed by atoms with van der Waals surface area (Å²) in [6.45, 7) is 12.6. The second-order valence-electron chi connectivity index (χ2n) is 7.15. The van der Waals surface area contributed by atoms with Crippen LogP contribution in [0.15, 0.2) is 18.2 Å². The molecule has 1 fully saturated rings. The molecular formula is C20H32N4O2. The molecule has 0 aliphatic carbocycles. The zero-order chi connectivity index (χ0) is 19.3. The van der Waals surface area contributed by atoms with E-state index in [1.807, 2.05) is 55.8 Å². The predicted molar refractivity (Wildman–Crippen MR) is 105 cm³/mol. The minimum absolute atomic E-state index is 0.0998. The number of likely N-dealkylation sites (N-methyl/N-ethyl adjacent to an activating group) is 2. The molecule has 0 spiro atoms. The van der Waals surface area contributed by atoms with Crippen molar-refractivity contribution in [3.63, 3.8) is 0 Å². The van der Waals surface area contributed by atoms with E-state index in [1.165, 1.54) is 0 Å². The maximum Gasteiger partial charge on any atom is 0.239 e. The standard InChI is InChI=1S/C20H32N4O2/c1-6-23-10-12-24(13-11-23)20(26)17(4)22(5)14-19(25)21-18-9-7-8-15(2)16(18)3/h7-9,17H,6,10-14H2,1-5H3,(H,21,25)/t17-/m0/s1. The van der Waals surface area contributed by atoms with E-state index in [-0.39, 0.29) is 24.4 Å². The highest BCUT2D eigenvalue weighted by Gasteiger charge is 2.27. The second-order valence-corrected chi connectivity index (χ2v) is 7.15. The van der Waals surface area contributed by atoms with Gasteiger partial charge in [0.15, 0.2) is 0 Å². The molecule has 1 N–H and O–H groups in total. The van der Waals surface area contributed by atoms with Crippen LogP contribution in [0, 0.1) is 13.8 Å². The summed E-state index contributed by atoms with van der Waals surface area (Å²) in [5.41, 5.74) is 3.05. The first-order chi connectivity index (χ1) is 12.3. The Kier molecular flexibility index (Phi) is 7.17.